The van der Waals surface area contributed by atoms with Crippen LogP contribution in [0, 0.1) is 0 Å². The number of thiocarbonyl (C=S) groups is 1. The molecule has 1 aromatic heterocycles. The third-order valence-corrected chi connectivity index (χ3v) is 5.00. The van der Waals surface area contributed by atoms with Crippen molar-refractivity contribution in [3.05, 3.63) is 65.0 Å². The summed E-state index contributed by atoms with van der Waals surface area (Å²) in [4.78, 5) is 29.2. The van der Waals surface area contributed by atoms with Crippen molar-refractivity contribution in [3.8, 4) is 0 Å². The number of hydrazine groups is 1. The Balaban J connectivity index is 1.58. The Hall–Kier alpha value is -2.91. The third-order valence-electron chi connectivity index (χ3n) is 3.82. The summed E-state index contributed by atoms with van der Waals surface area (Å²) in [6.45, 7) is 2.35. The molecule has 3 N–H and O–H groups in total. The van der Waals surface area contributed by atoms with Crippen molar-refractivity contribution in [2.45, 2.75) is 18.6 Å². The highest BCUT2D eigenvalue weighted by molar-refractivity contribution is 7.99. The molecule has 144 valence electrons. The van der Waals surface area contributed by atoms with Crippen LogP contribution in [0.25, 0.3) is 10.9 Å². The quantitative estimate of drug-likeness (QED) is 0.256. The van der Waals surface area contributed by atoms with E-state index in [1.54, 1.807) is 16.7 Å². The molecule has 0 aliphatic heterocycles. The summed E-state index contributed by atoms with van der Waals surface area (Å²) in [7, 11) is 0. The molecular formula is C19H19N5O2S2. The van der Waals surface area contributed by atoms with Gasteiger partial charge in [-0.05, 0) is 43.4 Å². The van der Waals surface area contributed by atoms with Crippen LogP contribution < -0.4 is 21.7 Å². The topological polar surface area (TPSA) is 88.1 Å². The number of benzene rings is 2. The Morgan fingerprint density at radius 2 is 1.82 bits per heavy atom. The zero-order valence-electron chi connectivity index (χ0n) is 15.1. The lowest BCUT2D eigenvalue weighted by Gasteiger charge is -2.13. The lowest BCUT2D eigenvalue weighted by molar-refractivity contribution is -0.119. The summed E-state index contributed by atoms with van der Waals surface area (Å²) < 4.78 is 1.56. The van der Waals surface area contributed by atoms with Crippen LogP contribution in [0.2, 0.25) is 0 Å². The highest BCUT2D eigenvalue weighted by Gasteiger charge is 2.12. The molecule has 0 unspecified atom stereocenters. The minimum Gasteiger partial charge on any atom is -0.331 e. The molecule has 2 aromatic carbocycles. The molecule has 0 bridgehead atoms. The Labute approximate surface area is 171 Å². The van der Waals surface area contributed by atoms with Crippen LogP contribution in [0.3, 0.4) is 0 Å². The van der Waals surface area contributed by atoms with E-state index in [4.69, 9.17) is 12.2 Å². The van der Waals surface area contributed by atoms with Gasteiger partial charge in [0.1, 0.15) is 0 Å². The number of hydrogen-bond donors (Lipinski definition) is 3. The summed E-state index contributed by atoms with van der Waals surface area (Å²) >= 11 is 6.34. The fourth-order valence-electron chi connectivity index (χ4n) is 2.51. The smallest absolute Gasteiger partial charge is 0.262 e. The first kappa shape index (κ1) is 19.8. The molecule has 3 rings (SSSR count). The second kappa shape index (κ2) is 9.34. The number of anilines is 1. The average molecular weight is 414 g/mol. The fraction of sp³-hybridized carbons (Fsp3) is 0.158. The lowest BCUT2D eigenvalue weighted by Crippen LogP contribution is -2.44. The lowest BCUT2D eigenvalue weighted by atomic mass is 10.2. The molecule has 0 saturated carbocycles. The van der Waals surface area contributed by atoms with E-state index in [1.807, 2.05) is 49.4 Å². The molecule has 28 heavy (non-hydrogen) atoms. The Morgan fingerprint density at radius 1 is 1.11 bits per heavy atom. The predicted molar refractivity (Wildman–Crippen MR) is 116 cm³/mol. The van der Waals surface area contributed by atoms with Crippen LogP contribution in [0.4, 0.5) is 5.69 Å². The Bertz CT molecular complexity index is 1050. The van der Waals surface area contributed by atoms with Crippen LogP contribution >= 0.6 is 24.0 Å². The summed E-state index contributed by atoms with van der Waals surface area (Å²) in [6, 6.07) is 16.6. The maximum atomic E-state index is 12.6. The molecule has 3 aromatic rings. The summed E-state index contributed by atoms with van der Waals surface area (Å²) in [5.74, 6) is -0.196. The molecule has 0 spiro atoms. The summed E-state index contributed by atoms with van der Waals surface area (Å²) in [5.41, 5.74) is 6.51. The molecule has 7 nitrogen and oxygen atoms in total. The van der Waals surface area contributed by atoms with Crippen molar-refractivity contribution in [2.24, 2.45) is 0 Å². The van der Waals surface area contributed by atoms with E-state index in [1.165, 1.54) is 11.8 Å². The molecule has 0 aliphatic rings. The van der Waals surface area contributed by atoms with E-state index in [2.05, 4.69) is 21.2 Å². The van der Waals surface area contributed by atoms with Gasteiger partial charge in [0.05, 0.1) is 16.7 Å². The van der Waals surface area contributed by atoms with Gasteiger partial charge >= 0.3 is 0 Å². The van der Waals surface area contributed by atoms with Crippen molar-refractivity contribution < 1.29 is 4.79 Å². The number of nitrogens with zero attached hydrogens (tertiary/aromatic N) is 2. The number of carbonyl (C=O) groups excluding carboxylic acids is 1. The maximum absolute atomic E-state index is 12.6. The molecule has 0 saturated heterocycles. The molecule has 1 heterocycles. The monoisotopic (exact) mass is 413 g/mol. The predicted octanol–water partition coefficient (Wildman–Crippen LogP) is 2.53. The first-order chi connectivity index (χ1) is 13.6. The molecule has 0 fully saturated rings. The van der Waals surface area contributed by atoms with E-state index >= 15 is 0 Å². The van der Waals surface area contributed by atoms with Gasteiger partial charge < -0.3 is 5.32 Å². The molecule has 9 heteroatoms. The first-order valence-electron chi connectivity index (χ1n) is 8.61. The second-order valence-electron chi connectivity index (χ2n) is 5.74. The number of nitrogens with one attached hydrogen (secondary N) is 3. The summed E-state index contributed by atoms with van der Waals surface area (Å²) in [5, 5.41) is 4.31. The average Bonchev–Trinajstić information content (AvgIpc) is 2.71. The Morgan fingerprint density at radius 3 is 2.57 bits per heavy atom. The number of amides is 1. The van der Waals surface area contributed by atoms with Gasteiger partial charge in [-0.15, -0.1) is 0 Å². The van der Waals surface area contributed by atoms with Gasteiger partial charge in [0.2, 0.25) is 5.91 Å². The maximum Gasteiger partial charge on any atom is 0.262 e. The normalized spacial score (nSPS) is 10.5. The highest BCUT2D eigenvalue weighted by atomic mass is 32.2. The standard InChI is InChI=1S/C19H19N5O2S2/c1-2-24-17(26)14-10-6-7-11-15(14)21-19(24)28-12-16(25)22-23-18(27)20-13-8-4-3-5-9-13/h3-11H,2,12H2,1H3,(H,22,25)(H2,20,23,27). The van der Waals surface area contributed by atoms with Gasteiger partial charge in [0, 0.05) is 12.2 Å². The van der Waals surface area contributed by atoms with Crippen molar-refractivity contribution in [1.82, 2.24) is 20.4 Å². The zero-order valence-corrected chi connectivity index (χ0v) is 16.8. The van der Waals surface area contributed by atoms with Crippen LogP contribution in [-0.2, 0) is 11.3 Å². The minimum absolute atomic E-state index is 0.0890. The molecule has 0 radical (unpaired) electrons. The van der Waals surface area contributed by atoms with Crippen molar-refractivity contribution in [3.63, 3.8) is 0 Å². The van der Waals surface area contributed by atoms with Crippen LogP contribution in [0.5, 0.6) is 0 Å². The van der Waals surface area contributed by atoms with Gasteiger partial charge in [-0.2, -0.15) is 0 Å². The number of fused-ring (bicyclic) bond motifs is 1. The van der Waals surface area contributed by atoms with E-state index in [-0.39, 0.29) is 22.3 Å². The van der Waals surface area contributed by atoms with Crippen LogP contribution in [0.1, 0.15) is 6.92 Å². The third kappa shape index (κ3) is 4.87. The van der Waals surface area contributed by atoms with E-state index in [0.29, 0.717) is 22.6 Å². The molecule has 1 amide bonds. The number of aromatic nitrogens is 2. The first-order valence-corrected chi connectivity index (χ1v) is 10.0. The van der Waals surface area contributed by atoms with Gasteiger partial charge in [-0.3, -0.25) is 25.0 Å². The van der Waals surface area contributed by atoms with Gasteiger partial charge in [0.25, 0.3) is 5.56 Å². The minimum atomic E-state index is -0.285. The SMILES string of the molecule is CCn1c(SCC(=O)NNC(=S)Nc2ccccc2)nc2ccccc2c1=O. The second-order valence-corrected chi connectivity index (χ2v) is 7.09. The molecule has 0 atom stereocenters. The number of carbonyl (C=O) groups is 1. The zero-order chi connectivity index (χ0) is 19.9. The molecule has 0 aliphatic carbocycles. The van der Waals surface area contributed by atoms with Gasteiger partial charge in [0.15, 0.2) is 10.3 Å². The number of thioether (sulfide) groups is 1. The number of rotatable bonds is 5. The van der Waals surface area contributed by atoms with E-state index in [0.717, 1.165) is 5.69 Å². The number of para-hydroxylation sites is 2. The van der Waals surface area contributed by atoms with E-state index in [9.17, 15) is 9.59 Å². The van der Waals surface area contributed by atoms with Crippen LogP contribution in [0.15, 0.2) is 64.5 Å². The van der Waals surface area contributed by atoms with Gasteiger partial charge in [-0.25, -0.2) is 4.98 Å². The van der Waals surface area contributed by atoms with E-state index < -0.39 is 0 Å². The molecular weight excluding hydrogens is 394 g/mol. The Kier molecular flexibility index (Phi) is 6.62. The fourth-order valence-corrected chi connectivity index (χ4v) is 3.55. The van der Waals surface area contributed by atoms with Gasteiger partial charge in [-0.1, -0.05) is 42.1 Å². The van der Waals surface area contributed by atoms with Crippen molar-refractivity contribution in [1.29, 1.82) is 0 Å². The highest BCUT2D eigenvalue weighted by Crippen LogP contribution is 2.17. The number of hydrogen-bond acceptors (Lipinski definition) is 5. The van der Waals surface area contributed by atoms with Crippen LogP contribution in [-0.4, -0.2) is 26.3 Å². The summed E-state index contributed by atoms with van der Waals surface area (Å²) in [6.07, 6.45) is 0. The van der Waals surface area contributed by atoms with Crippen molar-refractivity contribution >= 4 is 51.6 Å². The van der Waals surface area contributed by atoms with Crippen molar-refractivity contribution in [2.75, 3.05) is 11.1 Å². The largest absolute Gasteiger partial charge is 0.331 e.